The molecule has 0 amide bonds. The maximum Gasteiger partial charge on any atom is 0.279 e. The van der Waals surface area contributed by atoms with Crippen molar-refractivity contribution in [2.24, 2.45) is 0 Å². The summed E-state index contributed by atoms with van der Waals surface area (Å²) in [7, 11) is -1.78. The van der Waals surface area contributed by atoms with Gasteiger partial charge in [-0.15, -0.1) is 11.3 Å². The fourth-order valence-electron chi connectivity index (χ4n) is 1.93. The summed E-state index contributed by atoms with van der Waals surface area (Å²) in [5.41, 5.74) is 0. The molecule has 0 spiro atoms. The van der Waals surface area contributed by atoms with Crippen molar-refractivity contribution in [3.05, 3.63) is 22.4 Å². The van der Waals surface area contributed by atoms with Crippen LogP contribution in [0.25, 0.3) is 0 Å². The van der Waals surface area contributed by atoms with Crippen molar-refractivity contribution in [2.45, 2.75) is 45.7 Å². The van der Waals surface area contributed by atoms with E-state index in [9.17, 15) is 8.42 Å². The zero-order chi connectivity index (χ0) is 15.9. The first-order chi connectivity index (χ1) is 9.81. The van der Waals surface area contributed by atoms with Gasteiger partial charge in [0.15, 0.2) is 0 Å². The van der Waals surface area contributed by atoms with E-state index in [1.807, 2.05) is 24.4 Å². The standard InChI is InChI=1S/C14H27N3O2S2/c1-12(2)15-8-6-9-17(4)21(18,19)16-13(3)11-14-7-5-10-20-14/h5,7,10,12-13,15-16H,6,8-9,11H2,1-4H3. The van der Waals surface area contributed by atoms with E-state index in [2.05, 4.69) is 23.9 Å². The largest absolute Gasteiger partial charge is 0.314 e. The Morgan fingerprint density at radius 3 is 2.62 bits per heavy atom. The Labute approximate surface area is 132 Å². The molecule has 122 valence electrons. The Hall–Kier alpha value is -0.470. The van der Waals surface area contributed by atoms with E-state index in [4.69, 9.17) is 0 Å². The van der Waals surface area contributed by atoms with Gasteiger partial charge in [0.05, 0.1) is 0 Å². The molecule has 0 saturated heterocycles. The highest BCUT2D eigenvalue weighted by Gasteiger charge is 2.20. The molecule has 1 atom stereocenters. The van der Waals surface area contributed by atoms with Crippen LogP contribution in [0.4, 0.5) is 0 Å². The normalized spacial score (nSPS) is 14.0. The second kappa shape index (κ2) is 8.85. The molecule has 1 unspecified atom stereocenters. The SMILES string of the molecule is CC(C)NCCCN(C)S(=O)(=O)NC(C)Cc1cccs1. The van der Waals surface area contributed by atoms with E-state index in [-0.39, 0.29) is 6.04 Å². The van der Waals surface area contributed by atoms with Crippen LogP contribution < -0.4 is 10.0 Å². The van der Waals surface area contributed by atoms with Gasteiger partial charge in [0, 0.05) is 30.6 Å². The van der Waals surface area contributed by atoms with Crippen LogP contribution in [0.1, 0.15) is 32.1 Å². The first kappa shape index (κ1) is 18.6. The summed E-state index contributed by atoms with van der Waals surface area (Å²) >= 11 is 1.65. The summed E-state index contributed by atoms with van der Waals surface area (Å²) in [4.78, 5) is 1.19. The second-order valence-electron chi connectivity index (χ2n) is 5.59. The van der Waals surface area contributed by atoms with Gasteiger partial charge in [-0.3, -0.25) is 0 Å². The third kappa shape index (κ3) is 7.37. The van der Waals surface area contributed by atoms with Gasteiger partial charge in [-0.25, -0.2) is 0 Å². The second-order valence-corrected chi connectivity index (χ2v) is 8.43. The minimum Gasteiger partial charge on any atom is -0.314 e. The number of nitrogens with zero attached hydrogens (tertiary/aromatic N) is 1. The van der Waals surface area contributed by atoms with Crippen LogP contribution in [0.15, 0.2) is 17.5 Å². The minimum absolute atomic E-state index is 0.107. The number of hydrogen-bond donors (Lipinski definition) is 2. The fourth-order valence-corrected chi connectivity index (χ4v) is 3.91. The molecule has 1 heterocycles. The molecule has 2 N–H and O–H groups in total. The van der Waals surface area contributed by atoms with Crippen LogP contribution in [-0.2, 0) is 16.6 Å². The van der Waals surface area contributed by atoms with Crippen LogP contribution in [-0.4, -0.2) is 44.9 Å². The summed E-state index contributed by atoms with van der Waals surface area (Å²) in [6.45, 7) is 7.39. The Morgan fingerprint density at radius 2 is 2.05 bits per heavy atom. The van der Waals surface area contributed by atoms with E-state index in [0.717, 1.165) is 19.4 Å². The summed E-state index contributed by atoms with van der Waals surface area (Å²) < 4.78 is 28.5. The summed E-state index contributed by atoms with van der Waals surface area (Å²) in [5, 5.41) is 5.29. The van der Waals surface area contributed by atoms with Crippen molar-refractivity contribution >= 4 is 21.5 Å². The maximum absolute atomic E-state index is 12.2. The van der Waals surface area contributed by atoms with Crippen molar-refractivity contribution < 1.29 is 8.42 Å². The monoisotopic (exact) mass is 333 g/mol. The predicted octanol–water partition coefficient (Wildman–Crippen LogP) is 1.83. The fraction of sp³-hybridized carbons (Fsp3) is 0.714. The van der Waals surface area contributed by atoms with E-state index >= 15 is 0 Å². The van der Waals surface area contributed by atoms with Crippen LogP contribution in [0.3, 0.4) is 0 Å². The minimum atomic E-state index is -3.40. The van der Waals surface area contributed by atoms with E-state index in [1.165, 1.54) is 9.18 Å². The smallest absolute Gasteiger partial charge is 0.279 e. The third-order valence-electron chi connectivity index (χ3n) is 3.05. The first-order valence-electron chi connectivity index (χ1n) is 7.30. The van der Waals surface area contributed by atoms with E-state index < -0.39 is 10.2 Å². The molecule has 1 aromatic heterocycles. The molecule has 0 aliphatic rings. The van der Waals surface area contributed by atoms with Gasteiger partial charge in [-0.2, -0.15) is 17.4 Å². The van der Waals surface area contributed by atoms with Crippen molar-refractivity contribution in [3.63, 3.8) is 0 Å². The molecule has 0 bridgehead atoms. The van der Waals surface area contributed by atoms with E-state index in [0.29, 0.717) is 12.6 Å². The maximum atomic E-state index is 12.2. The Balaban J connectivity index is 2.37. The molecule has 21 heavy (non-hydrogen) atoms. The average molecular weight is 334 g/mol. The van der Waals surface area contributed by atoms with Crippen LogP contribution in [0.5, 0.6) is 0 Å². The van der Waals surface area contributed by atoms with Crippen LogP contribution in [0.2, 0.25) is 0 Å². The van der Waals surface area contributed by atoms with Crippen LogP contribution in [0, 0.1) is 0 Å². The number of rotatable bonds is 10. The molecule has 0 radical (unpaired) electrons. The molecule has 0 aliphatic heterocycles. The number of hydrogen-bond acceptors (Lipinski definition) is 4. The molecule has 1 aromatic rings. The average Bonchev–Trinajstić information content (AvgIpc) is 2.85. The number of thiophene rings is 1. The van der Waals surface area contributed by atoms with Gasteiger partial charge in [0.2, 0.25) is 0 Å². The highest BCUT2D eigenvalue weighted by Crippen LogP contribution is 2.11. The molecular formula is C14H27N3O2S2. The highest BCUT2D eigenvalue weighted by atomic mass is 32.2. The molecule has 7 heteroatoms. The summed E-state index contributed by atoms with van der Waals surface area (Å²) in [5.74, 6) is 0. The molecule has 0 fully saturated rings. The lowest BCUT2D eigenvalue weighted by molar-refractivity contribution is 0.432. The molecule has 0 saturated carbocycles. The Morgan fingerprint density at radius 1 is 1.33 bits per heavy atom. The van der Waals surface area contributed by atoms with Crippen molar-refractivity contribution in [2.75, 3.05) is 20.1 Å². The van der Waals surface area contributed by atoms with Gasteiger partial charge < -0.3 is 5.32 Å². The molecular weight excluding hydrogens is 306 g/mol. The van der Waals surface area contributed by atoms with Gasteiger partial charge in [0.1, 0.15) is 0 Å². The lowest BCUT2D eigenvalue weighted by Gasteiger charge is -2.21. The summed E-state index contributed by atoms with van der Waals surface area (Å²) in [6.07, 6.45) is 1.52. The predicted molar refractivity (Wildman–Crippen MR) is 89.9 cm³/mol. The van der Waals surface area contributed by atoms with Gasteiger partial charge >= 0.3 is 0 Å². The Kier molecular flexibility index (Phi) is 7.83. The van der Waals surface area contributed by atoms with Crippen molar-refractivity contribution in [1.29, 1.82) is 0 Å². The first-order valence-corrected chi connectivity index (χ1v) is 9.62. The lowest BCUT2D eigenvalue weighted by Crippen LogP contribution is -2.44. The lowest BCUT2D eigenvalue weighted by atomic mass is 10.2. The molecule has 5 nitrogen and oxygen atoms in total. The highest BCUT2D eigenvalue weighted by molar-refractivity contribution is 7.87. The molecule has 0 aromatic carbocycles. The summed E-state index contributed by atoms with van der Waals surface area (Å²) in [6, 6.07) is 4.33. The zero-order valence-corrected chi connectivity index (χ0v) is 14.9. The van der Waals surface area contributed by atoms with Crippen molar-refractivity contribution in [3.8, 4) is 0 Å². The molecule has 0 aliphatic carbocycles. The van der Waals surface area contributed by atoms with E-state index in [1.54, 1.807) is 18.4 Å². The van der Waals surface area contributed by atoms with Crippen LogP contribution >= 0.6 is 11.3 Å². The van der Waals surface area contributed by atoms with Gasteiger partial charge in [-0.05, 0) is 37.8 Å². The quantitative estimate of drug-likeness (QED) is 0.642. The molecule has 1 rings (SSSR count). The van der Waals surface area contributed by atoms with Gasteiger partial charge in [-0.1, -0.05) is 19.9 Å². The Bertz CT molecular complexity index is 486. The topological polar surface area (TPSA) is 61.4 Å². The van der Waals surface area contributed by atoms with Gasteiger partial charge in [0.25, 0.3) is 10.2 Å². The third-order valence-corrected chi connectivity index (χ3v) is 5.65. The zero-order valence-electron chi connectivity index (χ0n) is 13.3. The van der Waals surface area contributed by atoms with Crippen molar-refractivity contribution in [1.82, 2.24) is 14.3 Å². The number of nitrogens with one attached hydrogen (secondary N) is 2.